The summed E-state index contributed by atoms with van der Waals surface area (Å²) in [5.74, 6) is 0.613. The summed E-state index contributed by atoms with van der Waals surface area (Å²) in [6.45, 7) is 6.57. The van der Waals surface area contributed by atoms with Gasteiger partial charge in [-0.05, 0) is 99.4 Å². The molecule has 1 N–H and O–H groups in total. The zero-order valence-corrected chi connectivity index (χ0v) is 30.2. The quantitative estimate of drug-likeness (QED) is 0.322. The minimum absolute atomic E-state index is 0.110. The molecule has 4 unspecified atom stereocenters. The van der Waals surface area contributed by atoms with E-state index in [2.05, 4.69) is 52.1 Å². The van der Waals surface area contributed by atoms with Crippen molar-refractivity contribution in [3.8, 4) is 17.0 Å². The molecule has 1 aromatic heterocycles. The van der Waals surface area contributed by atoms with Crippen LogP contribution in [0.15, 0.2) is 36.4 Å². The monoisotopic (exact) mass is 686 g/mol. The Hall–Kier alpha value is -3.37. The van der Waals surface area contributed by atoms with Crippen molar-refractivity contribution in [2.24, 2.45) is 5.41 Å². The molecule has 2 bridgehead atoms. The Kier molecular flexibility index (Phi) is 8.13. The number of hydrogen-bond donors (Lipinski definition) is 1. The summed E-state index contributed by atoms with van der Waals surface area (Å²) in [4.78, 5) is 33.1. The molecule has 2 aliphatic carbocycles. The SMILES string of the molecule is COc1ccc2c(c1)C(C)C(C)(C(=O)N1C3CC1CN(C)C3)Cn1c-2c(C2CCCCC2)c2ccc(C(=O)NS(=O)(=O)C3CCCC3)cc21. The van der Waals surface area contributed by atoms with E-state index in [-0.39, 0.29) is 23.9 Å². The van der Waals surface area contributed by atoms with Gasteiger partial charge in [-0.2, -0.15) is 0 Å². The third-order valence-corrected chi connectivity index (χ3v) is 14.7. The average Bonchev–Trinajstić information content (AvgIpc) is 3.73. The lowest BCUT2D eigenvalue weighted by Crippen LogP contribution is -2.71. The highest BCUT2D eigenvalue weighted by Crippen LogP contribution is 2.53. The van der Waals surface area contributed by atoms with Gasteiger partial charge in [0.2, 0.25) is 15.9 Å². The second-order valence-electron chi connectivity index (χ2n) is 15.9. The van der Waals surface area contributed by atoms with Crippen LogP contribution in [0.2, 0.25) is 0 Å². The highest BCUT2D eigenvalue weighted by Gasteiger charge is 2.54. The predicted octanol–water partition coefficient (Wildman–Crippen LogP) is 6.41. The van der Waals surface area contributed by atoms with E-state index < -0.39 is 26.6 Å². The maximum Gasteiger partial charge on any atom is 0.264 e. The van der Waals surface area contributed by atoms with Crippen molar-refractivity contribution in [3.05, 3.63) is 53.1 Å². The van der Waals surface area contributed by atoms with Crippen LogP contribution in [-0.2, 0) is 21.4 Å². The molecule has 10 heteroatoms. The van der Waals surface area contributed by atoms with Crippen molar-refractivity contribution in [2.45, 2.75) is 114 Å². The van der Waals surface area contributed by atoms with Crippen LogP contribution in [0.3, 0.4) is 0 Å². The van der Waals surface area contributed by atoms with Gasteiger partial charge >= 0.3 is 0 Å². The van der Waals surface area contributed by atoms with Crippen LogP contribution < -0.4 is 9.46 Å². The summed E-state index contributed by atoms with van der Waals surface area (Å²) < 4.78 is 36.8. The fourth-order valence-corrected chi connectivity index (χ4v) is 11.5. The normalized spacial score (nSPS) is 27.7. The van der Waals surface area contributed by atoms with Crippen LogP contribution in [0, 0.1) is 5.41 Å². The van der Waals surface area contributed by atoms with E-state index >= 15 is 0 Å². The Bertz CT molecular complexity index is 1910. The van der Waals surface area contributed by atoms with E-state index in [9.17, 15) is 18.0 Å². The predicted molar refractivity (Wildman–Crippen MR) is 191 cm³/mol. The van der Waals surface area contributed by atoms with Gasteiger partial charge in [-0.1, -0.05) is 45.1 Å². The first-order valence-corrected chi connectivity index (χ1v) is 20.0. The number of aromatic nitrogens is 1. The number of nitrogens with zero attached hydrogens (tertiary/aromatic N) is 3. The molecule has 4 atom stereocenters. The van der Waals surface area contributed by atoms with Gasteiger partial charge in [-0.25, -0.2) is 13.1 Å². The number of amides is 2. The summed E-state index contributed by atoms with van der Waals surface area (Å²) in [6.07, 6.45) is 9.72. The molecule has 9 nitrogen and oxygen atoms in total. The number of rotatable bonds is 6. The number of piperazine rings is 1. The Morgan fingerprint density at radius 2 is 1.63 bits per heavy atom. The van der Waals surface area contributed by atoms with Gasteiger partial charge in [-0.3, -0.25) is 9.59 Å². The summed E-state index contributed by atoms with van der Waals surface area (Å²) in [5.41, 5.74) is 5.07. The van der Waals surface area contributed by atoms with Crippen molar-refractivity contribution >= 4 is 32.7 Å². The van der Waals surface area contributed by atoms with Crippen molar-refractivity contribution in [3.63, 3.8) is 0 Å². The standard InChI is InChI=1S/C39H50N4O5S/c1-24-33-20-29(48-4)15-17-31(33)36-35(25-10-6-5-7-11-25)32-16-14-26(37(44)40-49(46,47)30-12-8-9-13-30)18-34(32)42(36)23-39(24,2)38(45)43-27-19-28(43)22-41(3)21-27/h14-18,20,24-25,27-28,30H,5-13,19,21-23H2,1-4H3,(H,40,44). The van der Waals surface area contributed by atoms with Gasteiger partial charge in [0, 0.05) is 53.7 Å². The van der Waals surface area contributed by atoms with Crippen molar-refractivity contribution in [2.75, 3.05) is 27.2 Å². The molecule has 4 heterocycles. The van der Waals surface area contributed by atoms with Gasteiger partial charge in [0.25, 0.3) is 5.91 Å². The molecule has 0 radical (unpaired) electrons. The smallest absolute Gasteiger partial charge is 0.264 e. The van der Waals surface area contributed by atoms with E-state index in [1.54, 1.807) is 13.2 Å². The first-order chi connectivity index (χ1) is 23.5. The first kappa shape index (κ1) is 32.8. The number of sulfonamides is 1. The highest BCUT2D eigenvalue weighted by atomic mass is 32.2. The average molecular weight is 687 g/mol. The molecule has 49 heavy (non-hydrogen) atoms. The molecule has 2 saturated heterocycles. The Balaban J connectivity index is 1.30. The van der Waals surface area contributed by atoms with Crippen LogP contribution in [0.25, 0.3) is 22.2 Å². The van der Waals surface area contributed by atoms with E-state index in [4.69, 9.17) is 4.74 Å². The van der Waals surface area contributed by atoms with Gasteiger partial charge < -0.3 is 19.1 Å². The molecule has 5 aliphatic rings. The lowest BCUT2D eigenvalue weighted by molar-refractivity contribution is -0.165. The van der Waals surface area contributed by atoms with Crippen LogP contribution in [0.5, 0.6) is 5.75 Å². The number of ether oxygens (including phenoxy) is 1. The molecule has 2 saturated carbocycles. The lowest BCUT2D eigenvalue weighted by atomic mass is 9.70. The van der Waals surface area contributed by atoms with Gasteiger partial charge in [-0.15, -0.1) is 0 Å². The Morgan fingerprint density at radius 3 is 2.33 bits per heavy atom. The second kappa shape index (κ2) is 12.1. The molecule has 2 aromatic carbocycles. The molecule has 8 rings (SSSR count). The Morgan fingerprint density at radius 1 is 0.939 bits per heavy atom. The van der Waals surface area contributed by atoms with E-state index in [0.717, 1.165) is 78.7 Å². The fraction of sp³-hybridized carbons (Fsp3) is 0.590. The number of likely N-dealkylation sites (N-methyl/N-ethyl adjacent to an activating group) is 1. The zero-order valence-electron chi connectivity index (χ0n) is 29.3. The number of methoxy groups -OCH3 is 1. The largest absolute Gasteiger partial charge is 0.497 e. The zero-order chi connectivity index (χ0) is 34.2. The van der Waals surface area contributed by atoms with Crippen molar-refractivity contribution in [1.82, 2.24) is 19.1 Å². The number of carbonyl (C=O) groups is 2. The summed E-state index contributed by atoms with van der Waals surface area (Å²) in [7, 11) is 0.0570. The van der Waals surface area contributed by atoms with Crippen LogP contribution >= 0.6 is 0 Å². The first-order valence-electron chi connectivity index (χ1n) is 18.4. The minimum atomic E-state index is -3.77. The third kappa shape index (κ3) is 5.31. The lowest BCUT2D eigenvalue weighted by Gasteiger charge is -2.58. The summed E-state index contributed by atoms with van der Waals surface area (Å²) >= 11 is 0. The van der Waals surface area contributed by atoms with Crippen molar-refractivity contribution in [1.29, 1.82) is 0 Å². The third-order valence-electron chi connectivity index (χ3n) is 12.9. The number of likely N-dealkylation sites (tertiary alicyclic amines) is 2. The molecular weight excluding hydrogens is 637 g/mol. The maximum atomic E-state index is 15.0. The van der Waals surface area contributed by atoms with E-state index in [1.807, 2.05) is 18.2 Å². The number of nitrogens with one attached hydrogen (secondary N) is 1. The number of piperidine rings is 1. The fourth-order valence-electron chi connectivity index (χ4n) is 10.00. The van der Waals surface area contributed by atoms with Crippen molar-refractivity contribution < 1.29 is 22.7 Å². The molecule has 0 spiro atoms. The minimum Gasteiger partial charge on any atom is -0.497 e. The maximum absolute atomic E-state index is 15.0. The second-order valence-corrected chi connectivity index (χ2v) is 17.8. The van der Waals surface area contributed by atoms with Gasteiger partial charge in [0.15, 0.2) is 0 Å². The number of benzene rings is 2. The van der Waals surface area contributed by atoms with Crippen LogP contribution in [0.4, 0.5) is 0 Å². The highest BCUT2D eigenvalue weighted by molar-refractivity contribution is 7.90. The molecule has 4 fully saturated rings. The van der Waals surface area contributed by atoms with E-state index in [1.165, 1.54) is 24.8 Å². The van der Waals surface area contributed by atoms with E-state index in [0.29, 0.717) is 30.9 Å². The topological polar surface area (TPSA) is 101 Å². The number of carbonyl (C=O) groups excluding carboxylic acids is 2. The summed E-state index contributed by atoms with van der Waals surface area (Å²) in [6, 6.07) is 12.4. The Labute approximate surface area is 290 Å². The van der Waals surface area contributed by atoms with Crippen LogP contribution in [0.1, 0.15) is 111 Å². The number of hydrogen-bond acceptors (Lipinski definition) is 6. The van der Waals surface area contributed by atoms with Gasteiger partial charge in [0.05, 0.1) is 23.5 Å². The number of fused-ring (bicyclic) bond motifs is 7. The molecule has 3 aromatic rings. The van der Waals surface area contributed by atoms with Gasteiger partial charge in [0.1, 0.15) is 5.75 Å². The molecule has 262 valence electrons. The summed E-state index contributed by atoms with van der Waals surface area (Å²) in [5, 5.41) is 0.566. The molecular formula is C39H50N4O5S. The molecule has 3 aliphatic heterocycles. The molecule has 2 amide bonds. The van der Waals surface area contributed by atoms with Crippen LogP contribution in [-0.4, -0.2) is 79.2 Å².